The molecule has 9 nitrogen and oxygen atoms in total. The van der Waals surface area contributed by atoms with Crippen molar-refractivity contribution < 1.29 is 46.7 Å². The van der Waals surface area contributed by atoms with Gasteiger partial charge in [0.25, 0.3) is 10.1 Å². The van der Waals surface area contributed by atoms with Gasteiger partial charge in [0, 0.05) is 16.7 Å². The molecule has 0 radical (unpaired) electrons. The van der Waals surface area contributed by atoms with E-state index in [0.29, 0.717) is 24.8 Å². The van der Waals surface area contributed by atoms with Crippen LogP contribution in [-0.2, 0) is 24.4 Å². The number of ketones is 2. The van der Waals surface area contributed by atoms with Crippen molar-refractivity contribution in [1.29, 1.82) is 0 Å². The normalized spacial score (nSPS) is 40.5. The van der Waals surface area contributed by atoms with Crippen molar-refractivity contribution in [2.24, 2.45) is 28.6 Å². The average molecular weight is 577 g/mol. The maximum absolute atomic E-state index is 17.3. The largest absolute Gasteiger partial charge is 0.454 e. The van der Waals surface area contributed by atoms with E-state index >= 15 is 4.39 Å². The van der Waals surface area contributed by atoms with Crippen LogP contribution in [0.2, 0.25) is 0 Å². The third-order valence-electron chi connectivity index (χ3n) is 10.3. The van der Waals surface area contributed by atoms with E-state index in [-0.39, 0.29) is 17.8 Å². The standard InChI is InChI=1S/C29H33FO9S/c1-16-11-22-21-8-7-18-13-19(31)9-10-26(18,2)28(21,30)23(32)14-27(22,3)29(16,35)24(33)15-39-25(34)17-5-4-6-20(12-17)40(36,37)38/h4-6,9-10,12-13,16,21-23,32,35H,7-8,11,14-15H2,1-3H3,(H,36,37,38)/t16-,21-,22-,23+,26+,27+,28+,29+/m1/s1. The van der Waals surface area contributed by atoms with Crippen molar-refractivity contribution in [3.05, 3.63) is 53.6 Å². The van der Waals surface area contributed by atoms with Gasteiger partial charge in [-0.25, -0.2) is 9.18 Å². The number of halogens is 1. The minimum atomic E-state index is -4.57. The average Bonchev–Trinajstić information content (AvgIpc) is 3.09. The molecule has 3 fully saturated rings. The highest BCUT2D eigenvalue weighted by molar-refractivity contribution is 7.85. The summed E-state index contributed by atoms with van der Waals surface area (Å²) in [7, 11) is -4.57. The number of allylic oxidation sites excluding steroid dienone is 4. The summed E-state index contributed by atoms with van der Waals surface area (Å²) in [6.45, 7) is 4.22. The maximum Gasteiger partial charge on any atom is 0.338 e. The topological polar surface area (TPSA) is 155 Å². The molecular formula is C29H33FO9S. The fourth-order valence-electron chi connectivity index (χ4n) is 8.25. The zero-order valence-corrected chi connectivity index (χ0v) is 23.3. The van der Waals surface area contributed by atoms with E-state index in [9.17, 15) is 37.6 Å². The molecule has 0 heterocycles. The Kier molecular flexibility index (Phi) is 6.58. The van der Waals surface area contributed by atoms with E-state index in [0.717, 1.165) is 12.1 Å². The van der Waals surface area contributed by atoms with Gasteiger partial charge in [0.15, 0.2) is 18.1 Å². The molecule has 0 spiro atoms. The Bertz CT molecular complexity index is 1470. The van der Waals surface area contributed by atoms with Crippen molar-refractivity contribution in [3.8, 4) is 0 Å². The lowest BCUT2D eigenvalue weighted by molar-refractivity contribution is -0.219. The summed E-state index contributed by atoms with van der Waals surface area (Å²) in [5, 5.41) is 23.4. The fourth-order valence-corrected chi connectivity index (χ4v) is 8.77. The zero-order valence-electron chi connectivity index (χ0n) is 22.5. The zero-order chi connectivity index (χ0) is 29.5. The molecule has 0 amide bonds. The molecule has 40 heavy (non-hydrogen) atoms. The van der Waals surface area contributed by atoms with E-state index in [1.54, 1.807) is 20.8 Å². The number of hydrogen-bond donors (Lipinski definition) is 3. The van der Waals surface area contributed by atoms with Crippen molar-refractivity contribution in [2.45, 2.75) is 68.7 Å². The number of esters is 1. The van der Waals surface area contributed by atoms with Crippen molar-refractivity contribution >= 4 is 27.7 Å². The van der Waals surface area contributed by atoms with Crippen LogP contribution in [-0.4, -0.2) is 64.7 Å². The van der Waals surface area contributed by atoms with Crippen LogP contribution in [0.5, 0.6) is 0 Å². The second-order valence-electron chi connectivity index (χ2n) is 12.2. The number of aliphatic hydroxyl groups is 2. The maximum atomic E-state index is 17.3. The van der Waals surface area contributed by atoms with Crippen LogP contribution in [0.1, 0.15) is 56.8 Å². The molecule has 11 heteroatoms. The first-order valence-corrected chi connectivity index (χ1v) is 14.8. The van der Waals surface area contributed by atoms with Crippen molar-refractivity contribution in [3.63, 3.8) is 0 Å². The van der Waals surface area contributed by atoms with Gasteiger partial charge < -0.3 is 14.9 Å². The second-order valence-corrected chi connectivity index (χ2v) is 13.6. The molecule has 0 unspecified atom stereocenters. The lowest BCUT2D eigenvalue weighted by Crippen LogP contribution is -2.69. The molecule has 3 saturated carbocycles. The molecule has 4 aliphatic rings. The number of Topliss-reactive ketones (excluding diaryl/α,β-unsaturated/α-hetero) is 1. The Morgan fingerprint density at radius 1 is 1.20 bits per heavy atom. The SMILES string of the molecule is C[C@@H]1C[C@@H]2[C@H]3CCC4=CC(=O)C=C[C@]4(C)[C@@]3(F)[C@@H](O)C[C@]2(C)[C@@]1(O)C(=O)COC(=O)c1cccc(S(=O)(=O)O)c1. The molecule has 216 valence electrons. The van der Waals surface area contributed by atoms with Crippen LogP contribution in [0.4, 0.5) is 4.39 Å². The highest BCUT2D eigenvalue weighted by atomic mass is 32.2. The fraction of sp³-hybridized carbons (Fsp3) is 0.552. The molecule has 0 aliphatic heterocycles. The Labute approximate surface area is 231 Å². The quantitative estimate of drug-likeness (QED) is 0.354. The Balaban J connectivity index is 1.41. The first-order valence-electron chi connectivity index (χ1n) is 13.3. The van der Waals surface area contributed by atoms with Gasteiger partial charge in [-0.15, -0.1) is 0 Å². The monoisotopic (exact) mass is 576 g/mol. The molecule has 1 aromatic carbocycles. The predicted octanol–water partition coefficient (Wildman–Crippen LogP) is 3.01. The van der Waals surface area contributed by atoms with Gasteiger partial charge >= 0.3 is 5.97 Å². The lowest BCUT2D eigenvalue weighted by Gasteiger charge is -2.62. The van der Waals surface area contributed by atoms with Crippen LogP contribution < -0.4 is 0 Å². The van der Waals surface area contributed by atoms with E-state index in [1.165, 1.54) is 30.4 Å². The first kappa shape index (κ1) is 28.8. The van der Waals surface area contributed by atoms with Gasteiger partial charge in [0.1, 0.15) is 5.60 Å². The van der Waals surface area contributed by atoms with Crippen molar-refractivity contribution in [1.82, 2.24) is 0 Å². The van der Waals surface area contributed by atoms with Gasteiger partial charge in [0.05, 0.1) is 16.6 Å². The summed E-state index contributed by atoms with van der Waals surface area (Å²) in [6.07, 6.45) is 3.64. The third kappa shape index (κ3) is 3.81. The minimum Gasteiger partial charge on any atom is -0.454 e. The van der Waals surface area contributed by atoms with E-state index < -0.39 is 79.3 Å². The molecule has 0 aromatic heterocycles. The summed E-state index contributed by atoms with van der Waals surface area (Å²) in [5.74, 6) is -3.86. The summed E-state index contributed by atoms with van der Waals surface area (Å²) < 4.78 is 54.4. The molecule has 0 saturated heterocycles. The van der Waals surface area contributed by atoms with E-state index in [4.69, 9.17) is 4.74 Å². The number of rotatable bonds is 5. The van der Waals surface area contributed by atoms with Gasteiger partial charge in [-0.2, -0.15) is 8.42 Å². The van der Waals surface area contributed by atoms with Gasteiger partial charge in [0.2, 0.25) is 5.78 Å². The number of carbonyl (C=O) groups is 3. The molecule has 1 aromatic rings. The summed E-state index contributed by atoms with van der Waals surface area (Å²) >= 11 is 0. The number of aliphatic hydroxyl groups excluding tert-OH is 1. The highest BCUT2D eigenvalue weighted by Crippen LogP contribution is 2.70. The third-order valence-corrected chi connectivity index (χ3v) is 11.2. The number of fused-ring (bicyclic) bond motifs is 5. The van der Waals surface area contributed by atoms with Gasteiger partial charge in [-0.05, 0) is 74.8 Å². The van der Waals surface area contributed by atoms with Crippen LogP contribution >= 0.6 is 0 Å². The number of alkyl halides is 1. The van der Waals surface area contributed by atoms with Gasteiger partial charge in [-0.1, -0.05) is 31.6 Å². The lowest BCUT2D eigenvalue weighted by atomic mass is 9.44. The molecular weight excluding hydrogens is 543 g/mol. The van der Waals surface area contributed by atoms with Crippen molar-refractivity contribution in [2.75, 3.05) is 6.61 Å². The van der Waals surface area contributed by atoms with E-state index in [2.05, 4.69) is 0 Å². The number of carbonyl (C=O) groups excluding carboxylic acids is 3. The molecule has 4 aliphatic carbocycles. The smallest absolute Gasteiger partial charge is 0.338 e. The molecule has 8 atom stereocenters. The van der Waals surface area contributed by atoms with Crippen LogP contribution in [0.15, 0.2) is 53.0 Å². The molecule has 5 rings (SSSR count). The second kappa shape index (κ2) is 9.14. The minimum absolute atomic E-state index is 0.216. The Hall–Kier alpha value is -2.73. The summed E-state index contributed by atoms with van der Waals surface area (Å²) in [6, 6.07) is 4.48. The number of ether oxygens (including phenoxy) is 1. The summed E-state index contributed by atoms with van der Waals surface area (Å²) in [4.78, 5) is 37.7. The molecule has 0 bridgehead atoms. The van der Waals surface area contributed by atoms with Gasteiger partial charge in [-0.3, -0.25) is 14.1 Å². The molecule has 3 N–H and O–H groups in total. The van der Waals surface area contributed by atoms with Crippen LogP contribution in [0.3, 0.4) is 0 Å². The number of hydrogen-bond acceptors (Lipinski definition) is 8. The van der Waals surface area contributed by atoms with Crippen LogP contribution in [0.25, 0.3) is 0 Å². The highest BCUT2D eigenvalue weighted by Gasteiger charge is 2.75. The first-order chi connectivity index (χ1) is 18.5. The Morgan fingerprint density at radius 3 is 2.58 bits per heavy atom. The van der Waals surface area contributed by atoms with Crippen LogP contribution in [0, 0.1) is 28.6 Å². The summed E-state index contributed by atoms with van der Waals surface area (Å²) in [5.41, 5.74) is -6.17. The number of benzene rings is 1. The Morgan fingerprint density at radius 2 is 1.90 bits per heavy atom. The predicted molar refractivity (Wildman–Crippen MR) is 139 cm³/mol. The van der Waals surface area contributed by atoms with E-state index in [1.807, 2.05) is 0 Å².